The van der Waals surface area contributed by atoms with E-state index in [0.717, 1.165) is 28.7 Å². The highest BCUT2D eigenvalue weighted by Crippen LogP contribution is 2.32. The smallest absolute Gasteiger partial charge is 0.312 e. The van der Waals surface area contributed by atoms with E-state index in [2.05, 4.69) is 12.1 Å². The van der Waals surface area contributed by atoms with Crippen molar-refractivity contribution in [3.63, 3.8) is 0 Å². The van der Waals surface area contributed by atoms with Crippen LogP contribution in [0.15, 0.2) is 52.5 Å². The number of sulfonamides is 1. The van der Waals surface area contributed by atoms with Gasteiger partial charge in [-0.05, 0) is 53.3 Å². The van der Waals surface area contributed by atoms with Crippen molar-refractivity contribution in [2.45, 2.75) is 43.9 Å². The molecule has 0 amide bonds. The van der Waals surface area contributed by atoms with Crippen molar-refractivity contribution in [2.75, 3.05) is 6.61 Å². The molecular weight excluding hydrogens is 392 g/mol. The number of hydrogen-bond acceptors (Lipinski definition) is 6. The molecular formula is C21H24N2O5S. The Morgan fingerprint density at radius 1 is 1.17 bits per heavy atom. The summed E-state index contributed by atoms with van der Waals surface area (Å²) in [5, 5.41) is 9.10. The van der Waals surface area contributed by atoms with E-state index in [1.54, 1.807) is 12.1 Å². The summed E-state index contributed by atoms with van der Waals surface area (Å²) in [6.45, 7) is 4.26. The molecule has 29 heavy (non-hydrogen) atoms. The third kappa shape index (κ3) is 4.83. The van der Waals surface area contributed by atoms with Crippen LogP contribution in [-0.2, 0) is 30.8 Å². The number of ether oxygens (including phenoxy) is 1. The Balaban J connectivity index is 1.93. The number of rotatable bonds is 6. The van der Waals surface area contributed by atoms with Crippen LogP contribution in [0.25, 0.3) is 11.1 Å². The van der Waals surface area contributed by atoms with Gasteiger partial charge in [-0.2, -0.15) is 0 Å². The lowest BCUT2D eigenvalue weighted by Gasteiger charge is -2.16. The lowest BCUT2D eigenvalue weighted by atomic mass is 9.90. The van der Waals surface area contributed by atoms with Gasteiger partial charge in [0.25, 0.3) is 0 Å². The van der Waals surface area contributed by atoms with Crippen LogP contribution >= 0.6 is 0 Å². The minimum Gasteiger partial charge on any atom is -0.407 e. The number of nitrogens with two attached hydrogens (primary N) is 1. The first-order valence-corrected chi connectivity index (χ1v) is 11.0. The summed E-state index contributed by atoms with van der Waals surface area (Å²) in [5.74, 6) is -0.316. The van der Waals surface area contributed by atoms with Crippen molar-refractivity contribution in [3.8, 4) is 11.1 Å². The monoisotopic (exact) mass is 416 g/mol. The van der Waals surface area contributed by atoms with Crippen molar-refractivity contribution in [1.82, 2.24) is 0 Å². The first kappa shape index (κ1) is 21.0. The second kappa shape index (κ2) is 8.75. The number of primary sulfonamides is 1. The van der Waals surface area contributed by atoms with Crippen LogP contribution in [0.2, 0.25) is 0 Å². The molecule has 0 saturated heterocycles. The second-order valence-electron chi connectivity index (χ2n) is 6.84. The van der Waals surface area contributed by atoms with Gasteiger partial charge < -0.3 is 9.57 Å². The van der Waals surface area contributed by atoms with Gasteiger partial charge in [0.1, 0.15) is 12.5 Å². The maximum absolute atomic E-state index is 11.9. The molecule has 2 aromatic rings. The van der Waals surface area contributed by atoms with Crippen LogP contribution in [0.5, 0.6) is 0 Å². The van der Waals surface area contributed by atoms with Crippen molar-refractivity contribution in [1.29, 1.82) is 0 Å². The van der Waals surface area contributed by atoms with Gasteiger partial charge in [0, 0.05) is 6.42 Å². The fourth-order valence-corrected chi connectivity index (χ4v) is 3.77. The molecule has 0 fully saturated rings. The summed E-state index contributed by atoms with van der Waals surface area (Å²) in [7, 11) is -3.74. The molecule has 154 valence electrons. The summed E-state index contributed by atoms with van der Waals surface area (Å²) < 4.78 is 28.4. The van der Waals surface area contributed by atoms with Crippen molar-refractivity contribution < 1.29 is 22.8 Å². The number of nitrogens with zero attached hydrogens (tertiary/aromatic N) is 1. The predicted molar refractivity (Wildman–Crippen MR) is 110 cm³/mol. The SMILES string of the molecule is CCCC(=O)OC1=NOCC1c1cc(-c2ccc(S(N)(=O)=O)cc2)ccc1CC. The van der Waals surface area contributed by atoms with Gasteiger partial charge in [-0.15, -0.1) is 0 Å². The summed E-state index contributed by atoms with van der Waals surface area (Å²) >= 11 is 0. The Bertz CT molecular complexity index is 1030. The molecule has 3 rings (SSSR count). The van der Waals surface area contributed by atoms with Crippen LogP contribution in [0.1, 0.15) is 43.7 Å². The number of carbonyl (C=O) groups is 1. The molecule has 0 aromatic heterocycles. The largest absolute Gasteiger partial charge is 0.407 e. The second-order valence-corrected chi connectivity index (χ2v) is 8.40. The molecule has 0 aliphatic carbocycles. The van der Waals surface area contributed by atoms with Gasteiger partial charge in [0.2, 0.25) is 15.9 Å². The molecule has 7 nitrogen and oxygen atoms in total. The van der Waals surface area contributed by atoms with E-state index in [4.69, 9.17) is 14.7 Å². The highest BCUT2D eigenvalue weighted by atomic mass is 32.2. The van der Waals surface area contributed by atoms with Crippen molar-refractivity contribution >= 4 is 21.9 Å². The molecule has 8 heteroatoms. The molecule has 1 aliphatic rings. The van der Waals surface area contributed by atoms with Gasteiger partial charge in [-0.1, -0.05) is 43.3 Å². The van der Waals surface area contributed by atoms with Crippen molar-refractivity contribution in [3.05, 3.63) is 53.6 Å². The lowest BCUT2D eigenvalue weighted by molar-refractivity contribution is -0.135. The number of esters is 1. The first-order chi connectivity index (χ1) is 13.8. The average Bonchev–Trinajstić information content (AvgIpc) is 3.15. The molecule has 2 N–H and O–H groups in total. The van der Waals surface area contributed by atoms with E-state index in [-0.39, 0.29) is 22.7 Å². The summed E-state index contributed by atoms with van der Waals surface area (Å²) in [6, 6.07) is 12.4. The molecule has 0 spiro atoms. The van der Waals surface area contributed by atoms with Gasteiger partial charge in [-0.3, -0.25) is 4.79 Å². The fourth-order valence-electron chi connectivity index (χ4n) is 3.25. The Morgan fingerprint density at radius 2 is 1.86 bits per heavy atom. The fraction of sp³-hybridized carbons (Fsp3) is 0.333. The van der Waals surface area contributed by atoms with Gasteiger partial charge in [0.05, 0.1) is 4.90 Å². The van der Waals surface area contributed by atoms with Gasteiger partial charge in [0.15, 0.2) is 0 Å². The van der Waals surface area contributed by atoms with Crippen LogP contribution in [0.3, 0.4) is 0 Å². The molecule has 1 heterocycles. The number of aryl methyl sites for hydroxylation is 1. The Labute approximate surface area is 170 Å². The molecule has 1 atom stereocenters. The highest BCUT2D eigenvalue weighted by molar-refractivity contribution is 7.89. The van der Waals surface area contributed by atoms with Crippen LogP contribution in [0, 0.1) is 0 Å². The zero-order chi connectivity index (χ0) is 21.0. The molecule has 0 radical (unpaired) electrons. The average molecular weight is 416 g/mol. The summed E-state index contributed by atoms with van der Waals surface area (Å²) in [5.41, 5.74) is 3.83. The number of hydrogen-bond donors (Lipinski definition) is 1. The lowest BCUT2D eigenvalue weighted by Crippen LogP contribution is -2.19. The van der Waals surface area contributed by atoms with Crippen LogP contribution in [-0.4, -0.2) is 26.9 Å². The highest BCUT2D eigenvalue weighted by Gasteiger charge is 2.30. The Morgan fingerprint density at radius 3 is 2.48 bits per heavy atom. The van der Waals surface area contributed by atoms with Gasteiger partial charge >= 0.3 is 5.97 Å². The predicted octanol–water partition coefficient (Wildman–Crippen LogP) is 3.33. The number of oxime groups is 1. The van der Waals surface area contributed by atoms with E-state index in [9.17, 15) is 13.2 Å². The minimum atomic E-state index is -3.74. The van der Waals surface area contributed by atoms with E-state index >= 15 is 0 Å². The topological polar surface area (TPSA) is 108 Å². The Hall–Kier alpha value is -2.71. The van der Waals surface area contributed by atoms with Gasteiger partial charge in [-0.25, -0.2) is 13.6 Å². The number of benzene rings is 2. The van der Waals surface area contributed by atoms with Crippen LogP contribution < -0.4 is 5.14 Å². The minimum absolute atomic E-state index is 0.0631. The maximum Gasteiger partial charge on any atom is 0.312 e. The maximum atomic E-state index is 11.9. The van der Waals surface area contributed by atoms with E-state index in [1.807, 2.05) is 25.1 Å². The van der Waals surface area contributed by atoms with E-state index in [1.165, 1.54) is 12.1 Å². The first-order valence-electron chi connectivity index (χ1n) is 9.50. The van der Waals surface area contributed by atoms with Crippen molar-refractivity contribution in [2.24, 2.45) is 10.3 Å². The normalized spacial score (nSPS) is 16.2. The van der Waals surface area contributed by atoms with E-state index in [0.29, 0.717) is 19.4 Å². The zero-order valence-electron chi connectivity index (χ0n) is 16.4. The van der Waals surface area contributed by atoms with Crippen LogP contribution in [0.4, 0.5) is 0 Å². The van der Waals surface area contributed by atoms with E-state index < -0.39 is 10.0 Å². The molecule has 2 aromatic carbocycles. The molecule has 1 unspecified atom stereocenters. The molecule has 1 aliphatic heterocycles. The quantitative estimate of drug-likeness (QED) is 0.727. The third-order valence-electron chi connectivity index (χ3n) is 4.78. The Kier molecular flexibility index (Phi) is 6.34. The summed E-state index contributed by atoms with van der Waals surface area (Å²) in [6.07, 6.45) is 1.82. The molecule has 0 bridgehead atoms. The standard InChI is InChI=1S/C21H24N2O5S/c1-3-5-20(24)28-21-19(13-27-23-21)18-12-16(7-6-14(18)4-2)15-8-10-17(11-9-15)29(22,25)26/h6-12,19H,3-5,13H2,1-2H3,(H2,22,25,26). The third-order valence-corrected chi connectivity index (χ3v) is 5.71. The summed E-state index contributed by atoms with van der Waals surface area (Å²) in [4.78, 5) is 17.2. The number of carbonyl (C=O) groups excluding carboxylic acids is 1. The molecule has 0 saturated carbocycles. The zero-order valence-corrected chi connectivity index (χ0v) is 17.2.